The molecule has 1 aliphatic heterocycles. The minimum Gasteiger partial charge on any atom is -0.611 e. The first-order valence-corrected chi connectivity index (χ1v) is 8.05. The third kappa shape index (κ3) is 3.15. The molecule has 4 nitrogen and oxygen atoms in total. The van der Waals surface area contributed by atoms with Crippen molar-refractivity contribution in [3.05, 3.63) is 29.8 Å². The molecule has 1 aromatic carbocycles. The average Bonchev–Trinajstić information content (AvgIpc) is 2.92. The third-order valence-corrected chi connectivity index (χ3v) is 5.41. The van der Waals surface area contributed by atoms with Crippen LogP contribution in [0.1, 0.15) is 12.0 Å². The lowest BCUT2D eigenvalue weighted by Gasteiger charge is -2.31. The van der Waals surface area contributed by atoms with Crippen molar-refractivity contribution in [3.8, 4) is 0 Å². The number of rotatable bonds is 5. The fourth-order valence-electron chi connectivity index (χ4n) is 2.42. The summed E-state index contributed by atoms with van der Waals surface area (Å²) in [4.78, 5) is 16.0. The Labute approximate surface area is 130 Å². The fraction of sp³-hybridized carbons (Fsp3) is 0.467. The van der Waals surface area contributed by atoms with Crippen LogP contribution in [0.25, 0.3) is 0 Å². The molecule has 0 spiro atoms. The maximum Gasteiger partial charge on any atom is 0.331 e. The molecule has 22 heavy (non-hydrogen) atoms. The first kappa shape index (κ1) is 16.9. The Morgan fingerprint density at radius 3 is 2.68 bits per heavy atom. The van der Waals surface area contributed by atoms with Gasteiger partial charge in [-0.2, -0.15) is 0 Å². The lowest BCUT2D eigenvalue weighted by Crippen LogP contribution is -2.47. The van der Waals surface area contributed by atoms with Gasteiger partial charge in [0, 0.05) is 12.6 Å². The van der Waals surface area contributed by atoms with E-state index in [0.717, 1.165) is 12.7 Å². The minimum atomic E-state index is -2.83. The molecule has 0 amide bonds. The molecule has 1 aliphatic rings. The molecule has 0 saturated carbocycles. The Morgan fingerprint density at radius 1 is 1.50 bits per heavy atom. The molecule has 0 aromatic heterocycles. The highest BCUT2D eigenvalue weighted by Crippen LogP contribution is 2.42. The Kier molecular flexibility index (Phi) is 5.18. The number of hydrogen-bond donors (Lipinski definition) is 0. The highest BCUT2D eigenvalue weighted by molar-refractivity contribution is 7.91. The van der Waals surface area contributed by atoms with Crippen molar-refractivity contribution < 1.29 is 22.9 Å². The maximum atomic E-state index is 13.7. The second-order valence-electron chi connectivity index (χ2n) is 5.30. The predicted octanol–water partition coefficient (Wildman–Crippen LogP) is 2.37. The van der Waals surface area contributed by atoms with E-state index in [2.05, 4.69) is 9.73 Å². The van der Waals surface area contributed by atoms with Gasteiger partial charge in [-0.3, -0.25) is 4.99 Å². The molecular formula is C15H17F2NO3S. The van der Waals surface area contributed by atoms with Crippen molar-refractivity contribution in [1.29, 1.82) is 0 Å². The summed E-state index contributed by atoms with van der Waals surface area (Å²) in [6, 6.07) is 5.52. The zero-order valence-corrected chi connectivity index (χ0v) is 13.1. The van der Waals surface area contributed by atoms with Crippen molar-refractivity contribution in [2.45, 2.75) is 30.7 Å². The molecule has 0 unspecified atom stereocenters. The van der Waals surface area contributed by atoms with Crippen LogP contribution in [0, 0.1) is 12.3 Å². The van der Waals surface area contributed by atoms with Crippen LogP contribution < -0.4 is 0 Å². The first-order chi connectivity index (χ1) is 10.4. The molecule has 0 radical (unpaired) electrons. The Balaban J connectivity index is 2.25. The van der Waals surface area contributed by atoms with Gasteiger partial charge in [-0.05, 0) is 30.2 Å². The van der Waals surface area contributed by atoms with Gasteiger partial charge in [0.05, 0.1) is 7.11 Å². The van der Waals surface area contributed by atoms with Crippen LogP contribution in [0.5, 0.6) is 0 Å². The SMILES string of the molecule is COC(=O)[C@H]1N=CC[C@]1(C[S@+]([O-])c1ccc(C)cc1)C(F)F. The van der Waals surface area contributed by atoms with E-state index < -0.39 is 35.0 Å². The van der Waals surface area contributed by atoms with Gasteiger partial charge in [-0.1, -0.05) is 17.7 Å². The molecule has 0 aliphatic carbocycles. The minimum absolute atomic E-state index is 0.0952. The molecular weight excluding hydrogens is 312 g/mol. The summed E-state index contributed by atoms with van der Waals surface area (Å²) >= 11 is -1.65. The zero-order chi connectivity index (χ0) is 16.3. The average molecular weight is 329 g/mol. The van der Waals surface area contributed by atoms with Crippen molar-refractivity contribution in [2.75, 3.05) is 12.9 Å². The summed E-state index contributed by atoms with van der Waals surface area (Å²) in [5, 5.41) is 0. The van der Waals surface area contributed by atoms with E-state index in [1.54, 1.807) is 24.3 Å². The van der Waals surface area contributed by atoms with E-state index in [4.69, 9.17) is 0 Å². The van der Waals surface area contributed by atoms with E-state index in [0.29, 0.717) is 4.90 Å². The van der Waals surface area contributed by atoms with Crippen LogP contribution in [-0.4, -0.2) is 42.1 Å². The maximum absolute atomic E-state index is 13.7. The molecule has 1 aromatic rings. The Hall–Kier alpha value is -1.47. The van der Waals surface area contributed by atoms with Crippen LogP contribution in [0.2, 0.25) is 0 Å². The van der Waals surface area contributed by atoms with Crippen LogP contribution in [0.4, 0.5) is 8.78 Å². The van der Waals surface area contributed by atoms with Gasteiger partial charge < -0.3 is 9.29 Å². The van der Waals surface area contributed by atoms with E-state index in [-0.39, 0.29) is 12.2 Å². The van der Waals surface area contributed by atoms with Gasteiger partial charge in [0.1, 0.15) is 11.2 Å². The second-order valence-corrected chi connectivity index (χ2v) is 6.75. The van der Waals surface area contributed by atoms with E-state index >= 15 is 0 Å². The standard InChI is InChI=1S/C15H17F2NO3S/c1-10-3-5-11(6-4-10)22(20)9-15(14(16)17)7-8-18-12(15)13(19)21-2/h3-6,8,12,14H,7,9H2,1-2H3/t12-,15-,22+/m1/s1. The van der Waals surface area contributed by atoms with E-state index in [1.807, 2.05) is 6.92 Å². The number of aryl methyl sites for hydroxylation is 1. The lowest BCUT2D eigenvalue weighted by atomic mass is 9.82. The monoisotopic (exact) mass is 329 g/mol. The number of carbonyl (C=O) groups excluding carboxylic acids is 1. The highest BCUT2D eigenvalue weighted by atomic mass is 32.2. The quantitative estimate of drug-likeness (QED) is 0.615. The number of esters is 1. The topological polar surface area (TPSA) is 61.7 Å². The molecule has 3 atom stereocenters. The van der Waals surface area contributed by atoms with Gasteiger partial charge in [0.15, 0.2) is 10.9 Å². The first-order valence-electron chi connectivity index (χ1n) is 6.73. The number of halogens is 2. The summed E-state index contributed by atoms with van der Waals surface area (Å²) in [6.45, 7) is 1.88. The van der Waals surface area contributed by atoms with Gasteiger partial charge in [-0.15, -0.1) is 0 Å². The van der Waals surface area contributed by atoms with E-state index in [1.165, 1.54) is 6.21 Å². The van der Waals surface area contributed by atoms with Gasteiger partial charge in [-0.25, -0.2) is 13.6 Å². The molecule has 0 bridgehead atoms. The summed E-state index contributed by atoms with van der Waals surface area (Å²) in [6.07, 6.45) is -1.63. The van der Waals surface area contributed by atoms with Crippen molar-refractivity contribution >= 4 is 23.4 Å². The van der Waals surface area contributed by atoms with E-state index in [9.17, 15) is 18.1 Å². The number of methoxy groups -OCH3 is 1. The van der Waals surface area contributed by atoms with Crippen molar-refractivity contribution in [2.24, 2.45) is 10.4 Å². The lowest BCUT2D eigenvalue weighted by molar-refractivity contribution is -0.147. The Morgan fingerprint density at radius 2 is 2.14 bits per heavy atom. The molecule has 120 valence electrons. The number of ether oxygens (including phenoxy) is 1. The molecule has 0 saturated heterocycles. The fourth-order valence-corrected chi connectivity index (χ4v) is 3.92. The van der Waals surface area contributed by atoms with Gasteiger partial charge in [0.25, 0.3) is 6.43 Å². The molecule has 2 rings (SSSR count). The van der Waals surface area contributed by atoms with Crippen LogP contribution >= 0.6 is 0 Å². The van der Waals surface area contributed by atoms with Crippen LogP contribution in [0.3, 0.4) is 0 Å². The summed E-state index contributed by atoms with van der Waals surface area (Å²) in [7, 11) is 1.13. The normalized spacial score (nSPS) is 25.5. The summed E-state index contributed by atoms with van der Waals surface area (Å²) in [5.74, 6) is -1.16. The third-order valence-electron chi connectivity index (χ3n) is 3.81. The van der Waals surface area contributed by atoms with Gasteiger partial charge in [0.2, 0.25) is 0 Å². The second kappa shape index (κ2) is 6.75. The zero-order valence-electron chi connectivity index (χ0n) is 12.3. The number of carbonyl (C=O) groups is 1. The summed E-state index contributed by atoms with van der Waals surface area (Å²) in [5.41, 5.74) is -0.788. The number of nitrogens with zero attached hydrogens (tertiary/aromatic N) is 1. The predicted molar refractivity (Wildman–Crippen MR) is 79.8 cm³/mol. The van der Waals surface area contributed by atoms with Crippen LogP contribution in [0.15, 0.2) is 34.2 Å². The number of aliphatic imine (C=N–C) groups is 1. The van der Waals surface area contributed by atoms with Crippen molar-refractivity contribution in [1.82, 2.24) is 0 Å². The number of hydrogen-bond acceptors (Lipinski definition) is 4. The summed E-state index contributed by atoms with van der Waals surface area (Å²) < 4.78 is 44.3. The molecule has 0 fully saturated rings. The number of benzene rings is 1. The molecule has 7 heteroatoms. The molecule has 0 N–H and O–H groups in total. The smallest absolute Gasteiger partial charge is 0.331 e. The van der Waals surface area contributed by atoms with Crippen LogP contribution in [-0.2, 0) is 20.7 Å². The largest absolute Gasteiger partial charge is 0.611 e. The highest BCUT2D eigenvalue weighted by Gasteiger charge is 2.56. The Bertz CT molecular complexity index is 564. The van der Waals surface area contributed by atoms with Gasteiger partial charge >= 0.3 is 5.97 Å². The number of alkyl halides is 2. The molecule has 1 heterocycles. The van der Waals surface area contributed by atoms with Crippen molar-refractivity contribution in [3.63, 3.8) is 0 Å².